The third-order valence-electron chi connectivity index (χ3n) is 4.96. The molecule has 0 spiro atoms. The van der Waals surface area contributed by atoms with Crippen LogP contribution in [0.1, 0.15) is 11.3 Å². The van der Waals surface area contributed by atoms with Gasteiger partial charge in [0, 0.05) is 56.0 Å². The van der Waals surface area contributed by atoms with Gasteiger partial charge in [-0.05, 0) is 38.1 Å². The van der Waals surface area contributed by atoms with Gasteiger partial charge in [0.1, 0.15) is 10.7 Å². The highest BCUT2D eigenvalue weighted by molar-refractivity contribution is 7.89. The average molecular weight is 425 g/mol. The Morgan fingerprint density at radius 3 is 2.37 bits per heavy atom. The minimum atomic E-state index is -3.54. The number of pyridine rings is 1. The second kappa shape index (κ2) is 8.37. The first kappa shape index (κ1) is 20.2. The highest BCUT2D eigenvalue weighted by Crippen LogP contribution is 2.22. The number of rotatable bonds is 5. The van der Waals surface area contributed by atoms with Gasteiger partial charge in [-0.15, -0.1) is 0 Å². The van der Waals surface area contributed by atoms with Crippen molar-refractivity contribution in [3.8, 4) is 0 Å². The molecule has 3 heterocycles. The van der Waals surface area contributed by atoms with E-state index in [1.807, 2.05) is 49.1 Å². The summed E-state index contributed by atoms with van der Waals surface area (Å²) < 4.78 is 27.1. The molecule has 156 valence electrons. The van der Waals surface area contributed by atoms with Crippen LogP contribution in [0.4, 0.5) is 17.5 Å². The number of hydrogen-bond donors (Lipinski definition) is 1. The zero-order chi connectivity index (χ0) is 21.1. The molecule has 8 nitrogen and oxygen atoms in total. The number of hydrogen-bond acceptors (Lipinski definition) is 7. The van der Waals surface area contributed by atoms with E-state index in [4.69, 9.17) is 0 Å². The third-order valence-corrected chi connectivity index (χ3v) is 6.84. The van der Waals surface area contributed by atoms with E-state index in [1.54, 1.807) is 18.3 Å². The van der Waals surface area contributed by atoms with Crippen LogP contribution in [0.2, 0.25) is 0 Å². The lowest BCUT2D eigenvalue weighted by atomic mass is 10.2. The number of piperazine rings is 1. The van der Waals surface area contributed by atoms with E-state index in [0.717, 1.165) is 11.4 Å². The predicted molar refractivity (Wildman–Crippen MR) is 116 cm³/mol. The van der Waals surface area contributed by atoms with Crippen molar-refractivity contribution in [2.45, 2.75) is 18.7 Å². The van der Waals surface area contributed by atoms with Gasteiger partial charge in [-0.1, -0.05) is 17.7 Å². The van der Waals surface area contributed by atoms with Crippen molar-refractivity contribution in [2.24, 2.45) is 0 Å². The molecule has 4 rings (SSSR count). The van der Waals surface area contributed by atoms with Crippen LogP contribution in [0, 0.1) is 13.8 Å². The number of aryl methyl sites for hydroxylation is 2. The zero-order valence-corrected chi connectivity index (χ0v) is 17.8. The van der Waals surface area contributed by atoms with Gasteiger partial charge in [0.05, 0.1) is 0 Å². The summed E-state index contributed by atoms with van der Waals surface area (Å²) in [4.78, 5) is 15.4. The van der Waals surface area contributed by atoms with Crippen LogP contribution in [-0.2, 0) is 10.0 Å². The van der Waals surface area contributed by atoms with Gasteiger partial charge in [0.25, 0.3) is 0 Å². The van der Waals surface area contributed by atoms with E-state index in [-0.39, 0.29) is 4.90 Å². The molecule has 3 aromatic rings. The highest BCUT2D eigenvalue weighted by atomic mass is 32.2. The summed E-state index contributed by atoms with van der Waals surface area (Å²) in [6.45, 7) is 5.75. The molecule has 9 heteroatoms. The Bertz CT molecular complexity index is 1110. The van der Waals surface area contributed by atoms with Crippen molar-refractivity contribution in [3.63, 3.8) is 0 Å². The summed E-state index contributed by atoms with van der Waals surface area (Å²) in [6.07, 6.45) is 2.95. The topological polar surface area (TPSA) is 91.3 Å². The van der Waals surface area contributed by atoms with Crippen LogP contribution in [0.25, 0.3) is 0 Å². The molecular weight excluding hydrogens is 400 g/mol. The first-order valence-electron chi connectivity index (χ1n) is 9.76. The molecule has 1 aromatic carbocycles. The SMILES string of the molecule is Cc1ccc(Nc2cc(C)nc(N3CCN(S(=O)(=O)c4cccnc4)CC3)n2)cc1. The Kier molecular flexibility index (Phi) is 5.65. The van der Waals surface area contributed by atoms with E-state index in [9.17, 15) is 8.42 Å². The van der Waals surface area contributed by atoms with E-state index in [1.165, 1.54) is 16.1 Å². The molecule has 0 atom stereocenters. The second-order valence-electron chi connectivity index (χ2n) is 7.27. The van der Waals surface area contributed by atoms with Crippen LogP contribution in [0.5, 0.6) is 0 Å². The largest absolute Gasteiger partial charge is 0.340 e. The van der Waals surface area contributed by atoms with Crippen molar-refractivity contribution in [1.82, 2.24) is 19.3 Å². The van der Waals surface area contributed by atoms with Gasteiger partial charge < -0.3 is 10.2 Å². The van der Waals surface area contributed by atoms with E-state index in [2.05, 4.69) is 20.3 Å². The Hall–Kier alpha value is -3.04. The van der Waals surface area contributed by atoms with E-state index in [0.29, 0.717) is 37.9 Å². The standard InChI is InChI=1S/C21H24N6O2S/c1-16-5-7-18(8-6-16)24-20-14-17(2)23-21(25-20)26-10-12-27(13-11-26)30(28,29)19-4-3-9-22-15-19/h3-9,14-15H,10-13H2,1-2H3,(H,23,24,25). The Balaban J connectivity index is 1.47. The highest BCUT2D eigenvalue weighted by Gasteiger charge is 2.29. The first-order valence-corrected chi connectivity index (χ1v) is 11.2. The Labute approximate surface area is 176 Å². The van der Waals surface area contributed by atoms with Gasteiger partial charge >= 0.3 is 0 Å². The maximum atomic E-state index is 12.8. The molecule has 1 N–H and O–H groups in total. The molecular formula is C21H24N6O2S. The number of nitrogens with zero attached hydrogens (tertiary/aromatic N) is 5. The van der Waals surface area contributed by atoms with Crippen molar-refractivity contribution in [3.05, 3.63) is 66.1 Å². The molecule has 0 amide bonds. The van der Waals surface area contributed by atoms with Gasteiger partial charge in [0.15, 0.2) is 0 Å². The molecule has 0 radical (unpaired) electrons. The van der Waals surface area contributed by atoms with Crippen LogP contribution in [0.15, 0.2) is 59.8 Å². The summed E-state index contributed by atoms with van der Waals surface area (Å²) >= 11 is 0. The van der Waals surface area contributed by atoms with Crippen molar-refractivity contribution in [2.75, 3.05) is 36.4 Å². The average Bonchev–Trinajstić information content (AvgIpc) is 2.76. The quantitative estimate of drug-likeness (QED) is 0.673. The number of benzene rings is 1. The van der Waals surface area contributed by atoms with Crippen molar-refractivity contribution < 1.29 is 8.42 Å². The lowest BCUT2D eigenvalue weighted by molar-refractivity contribution is 0.382. The molecule has 0 aliphatic carbocycles. The van der Waals surface area contributed by atoms with Gasteiger partial charge in [0.2, 0.25) is 16.0 Å². The summed E-state index contributed by atoms with van der Waals surface area (Å²) in [5.74, 6) is 1.31. The van der Waals surface area contributed by atoms with Crippen LogP contribution in [0.3, 0.4) is 0 Å². The van der Waals surface area contributed by atoms with Crippen LogP contribution < -0.4 is 10.2 Å². The Morgan fingerprint density at radius 1 is 0.967 bits per heavy atom. The fourth-order valence-electron chi connectivity index (χ4n) is 3.32. The zero-order valence-electron chi connectivity index (χ0n) is 17.0. The number of sulfonamides is 1. The minimum Gasteiger partial charge on any atom is -0.340 e. The molecule has 0 bridgehead atoms. The van der Waals surface area contributed by atoms with Crippen LogP contribution in [-0.4, -0.2) is 53.9 Å². The van der Waals surface area contributed by atoms with E-state index < -0.39 is 10.0 Å². The first-order chi connectivity index (χ1) is 14.4. The number of nitrogens with one attached hydrogen (secondary N) is 1. The molecule has 30 heavy (non-hydrogen) atoms. The molecule has 2 aromatic heterocycles. The normalized spacial score (nSPS) is 15.2. The monoisotopic (exact) mass is 424 g/mol. The Morgan fingerprint density at radius 2 is 1.70 bits per heavy atom. The van der Waals surface area contributed by atoms with Crippen molar-refractivity contribution >= 4 is 27.5 Å². The third kappa shape index (κ3) is 4.42. The molecule has 0 saturated carbocycles. The molecule has 1 aliphatic heterocycles. The maximum Gasteiger partial charge on any atom is 0.244 e. The molecule has 1 aliphatic rings. The molecule has 1 saturated heterocycles. The number of anilines is 3. The fourth-order valence-corrected chi connectivity index (χ4v) is 4.71. The smallest absolute Gasteiger partial charge is 0.244 e. The van der Waals surface area contributed by atoms with Crippen molar-refractivity contribution in [1.29, 1.82) is 0 Å². The maximum absolute atomic E-state index is 12.8. The predicted octanol–water partition coefficient (Wildman–Crippen LogP) is 2.74. The lowest BCUT2D eigenvalue weighted by Gasteiger charge is -2.34. The molecule has 0 unspecified atom stereocenters. The van der Waals surface area contributed by atoms with Gasteiger partial charge in [-0.3, -0.25) is 4.98 Å². The van der Waals surface area contributed by atoms with Crippen LogP contribution >= 0.6 is 0 Å². The lowest BCUT2D eigenvalue weighted by Crippen LogP contribution is -2.49. The summed E-state index contributed by atoms with van der Waals surface area (Å²) in [6, 6.07) is 13.2. The second-order valence-corrected chi connectivity index (χ2v) is 9.20. The minimum absolute atomic E-state index is 0.217. The van der Waals surface area contributed by atoms with Gasteiger partial charge in [-0.2, -0.15) is 9.29 Å². The number of aromatic nitrogens is 3. The summed E-state index contributed by atoms with van der Waals surface area (Å²) in [7, 11) is -3.54. The summed E-state index contributed by atoms with van der Waals surface area (Å²) in [5.41, 5.74) is 3.00. The van der Waals surface area contributed by atoms with Gasteiger partial charge in [-0.25, -0.2) is 13.4 Å². The summed E-state index contributed by atoms with van der Waals surface area (Å²) in [5, 5.41) is 3.31. The molecule has 1 fully saturated rings. The fraction of sp³-hybridized carbons (Fsp3) is 0.286. The van der Waals surface area contributed by atoms with E-state index >= 15 is 0 Å².